The van der Waals surface area contributed by atoms with Crippen LogP contribution in [0.2, 0.25) is 0 Å². The molecule has 1 unspecified atom stereocenters. The van der Waals surface area contributed by atoms with Gasteiger partial charge in [-0.25, -0.2) is 4.98 Å². The van der Waals surface area contributed by atoms with E-state index in [0.717, 1.165) is 5.01 Å². The molecule has 0 aliphatic carbocycles. The molecule has 6 heteroatoms. The van der Waals surface area contributed by atoms with Gasteiger partial charge in [0.05, 0.1) is 24.3 Å². The molecule has 23 heavy (non-hydrogen) atoms. The molecule has 1 saturated heterocycles. The maximum atomic E-state index is 12.6. The molecule has 2 aromatic rings. The fraction of sp³-hybridized carbons (Fsp3) is 0.353. The van der Waals surface area contributed by atoms with E-state index in [9.17, 15) is 9.59 Å². The minimum atomic E-state index is -0.244. The average Bonchev–Trinajstić information content (AvgIpc) is 3.02. The number of carbonyl (C=O) groups is 2. The summed E-state index contributed by atoms with van der Waals surface area (Å²) < 4.78 is 5.48. The van der Waals surface area contributed by atoms with Crippen molar-refractivity contribution in [3.05, 3.63) is 52.0 Å². The van der Waals surface area contributed by atoms with E-state index in [4.69, 9.17) is 4.74 Å². The largest absolute Gasteiger partial charge is 0.377 e. The topological polar surface area (TPSA) is 59.5 Å². The quantitative estimate of drug-likeness (QED) is 0.809. The lowest BCUT2D eigenvalue weighted by Crippen LogP contribution is -2.49. The number of amides is 1. The van der Waals surface area contributed by atoms with Gasteiger partial charge in [-0.15, -0.1) is 11.3 Å². The Morgan fingerprint density at radius 2 is 2.13 bits per heavy atom. The molecule has 3 rings (SSSR count). The monoisotopic (exact) mass is 330 g/mol. The Morgan fingerprint density at radius 3 is 2.83 bits per heavy atom. The summed E-state index contributed by atoms with van der Waals surface area (Å²) in [7, 11) is 0. The van der Waals surface area contributed by atoms with E-state index in [2.05, 4.69) is 4.98 Å². The van der Waals surface area contributed by atoms with Crippen molar-refractivity contribution in [1.29, 1.82) is 0 Å². The van der Waals surface area contributed by atoms with Crippen LogP contribution in [0.15, 0.2) is 35.7 Å². The minimum Gasteiger partial charge on any atom is -0.377 e. The molecule has 1 aliphatic heterocycles. The lowest BCUT2D eigenvalue weighted by molar-refractivity contribution is -0.00307. The minimum absolute atomic E-state index is 0.0216. The van der Waals surface area contributed by atoms with E-state index >= 15 is 0 Å². The summed E-state index contributed by atoms with van der Waals surface area (Å²) in [5, 5.41) is 2.63. The van der Waals surface area contributed by atoms with E-state index in [1.54, 1.807) is 22.4 Å². The molecular weight excluding hydrogens is 312 g/mol. The van der Waals surface area contributed by atoms with Crippen LogP contribution in [0.3, 0.4) is 0 Å². The van der Waals surface area contributed by atoms with Crippen molar-refractivity contribution in [3.63, 3.8) is 0 Å². The highest BCUT2D eigenvalue weighted by Gasteiger charge is 2.31. The molecule has 0 N–H and O–H groups in total. The van der Waals surface area contributed by atoms with Gasteiger partial charge in [-0.1, -0.05) is 30.3 Å². The summed E-state index contributed by atoms with van der Waals surface area (Å²) in [5.74, 6) is -0.100. The first-order valence-electron chi connectivity index (χ1n) is 7.54. The van der Waals surface area contributed by atoms with Gasteiger partial charge in [-0.2, -0.15) is 0 Å². The Labute approximate surface area is 138 Å². The SMILES string of the molecule is Cc1nc(C(=O)N2CCOCC2CC(=O)c2ccccc2)cs1. The van der Waals surface area contributed by atoms with Gasteiger partial charge in [-0.3, -0.25) is 9.59 Å². The summed E-state index contributed by atoms with van der Waals surface area (Å²) in [5.41, 5.74) is 1.11. The Morgan fingerprint density at radius 1 is 1.35 bits per heavy atom. The normalized spacial score (nSPS) is 18.0. The number of aryl methyl sites for hydroxylation is 1. The Bertz CT molecular complexity index is 699. The van der Waals surface area contributed by atoms with Gasteiger partial charge in [0.25, 0.3) is 5.91 Å². The molecule has 1 aliphatic rings. The van der Waals surface area contributed by atoms with Gasteiger partial charge in [0.2, 0.25) is 0 Å². The van der Waals surface area contributed by atoms with Crippen molar-refractivity contribution >= 4 is 23.0 Å². The first kappa shape index (κ1) is 15.8. The summed E-state index contributed by atoms with van der Waals surface area (Å²) in [4.78, 5) is 31.0. The predicted molar refractivity (Wildman–Crippen MR) is 87.9 cm³/mol. The summed E-state index contributed by atoms with van der Waals surface area (Å²) in [6.45, 7) is 3.23. The predicted octanol–water partition coefficient (Wildman–Crippen LogP) is 2.57. The zero-order valence-electron chi connectivity index (χ0n) is 12.9. The van der Waals surface area contributed by atoms with Crippen LogP contribution in [-0.4, -0.2) is 47.4 Å². The number of ketones is 1. The number of aromatic nitrogens is 1. The lowest BCUT2D eigenvalue weighted by atomic mass is 10.0. The summed E-state index contributed by atoms with van der Waals surface area (Å²) in [6.07, 6.45) is 0.263. The Hall–Kier alpha value is -2.05. The number of benzene rings is 1. The van der Waals surface area contributed by atoms with Crippen LogP contribution in [0, 0.1) is 6.92 Å². The number of ether oxygens (including phenoxy) is 1. The van der Waals surface area contributed by atoms with Crippen LogP contribution in [-0.2, 0) is 4.74 Å². The summed E-state index contributed by atoms with van der Waals surface area (Å²) in [6, 6.07) is 8.90. The van der Waals surface area contributed by atoms with Crippen molar-refractivity contribution in [1.82, 2.24) is 9.88 Å². The van der Waals surface area contributed by atoms with Crippen LogP contribution in [0.4, 0.5) is 0 Å². The molecule has 1 aromatic heterocycles. The van der Waals surface area contributed by atoms with E-state index < -0.39 is 0 Å². The first-order valence-corrected chi connectivity index (χ1v) is 8.42. The summed E-state index contributed by atoms with van der Waals surface area (Å²) >= 11 is 1.45. The van der Waals surface area contributed by atoms with Gasteiger partial charge in [0, 0.05) is 23.9 Å². The second-order valence-corrected chi connectivity index (χ2v) is 6.53. The maximum absolute atomic E-state index is 12.6. The number of nitrogens with zero attached hydrogens (tertiary/aromatic N) is 2. The van der Waals surface area contributed by atoms with Crippen molar-refractivity contribution in [2.45, 2.75) is 19.4 Å². The number of morpholine rings is 1. The number of hydrogen-bond acceptors (Lipinski definition) is 5. The van der Waals surface area contributed by atoms with E-state index in [0.29, 0.717) is 31.0 Å². The third-order valence-electron chi connectivity index (χ3n) is 3.84. The Balaban J connectivity index is 1.74. The lowest BCUT2D eigenvalue weighted by Gasteiger charge is -2.35. The van der Waals surface area contributed by atoms with Crippen LogP contribution in [0.5, 0.6) is 0 Å². The molecule has 5 nitrogen and oxygen atoms in total. The van der Waals surface area contributed by atoms with E-state index in [1.165, 1.54) is 11.3 Å². The zero-order chi connectivity index (χ0) is 16.2. The van der Waals surface area contributed by atoms with Gasteiger partial charge in [0.1, 0.15) is 5.69 Å². The van der Waals surface area contributed by atoms with Gasteiger partial charge in [0.15, 0.2) is 5.78 Å². The second-order valence-electron chi connectivity index (χ2n) is 5.47. The third-order valence-corrected chi connectivity index (χ3v) is 4.62. The molecule has 0 radical (unpaired) electrons. The van der Waals surface area contributed by atoms with Crippen LogP contribution in [0.25, 0.3) is 0 Å². The average molecular weight is 330 g/mol. The highest BCUT2D eigenvalue weighted by molar-refractivity contribution is 7.09. The molecule has 1 amide bonds. The van der Waals surface area contributed by atoms with Crippen molar-refractivity contribution in [2.24, 2.45) is 0 Å². The number of rotatable bonds is 4. The van der Waals surface area contributed by atoms with E-state index in [1.807, 2.05) is 25.1 Å². The van der Waals surface area contributed by atoms with Crippen molar-refractivity contribution < 1.29 is 14.3 Å². The van der Waals surface area contributed by atoms with Crippen LogP contribution < -0.4 is 0 Å². The van der Waals surface area contributed by atoms with Gasteiger partial charge in [-0.05, 0) is 6.92 Å². The molecule has 1 atom stereocenters. The van der Waals surface area contributed by atoms with Crippen molar-refractivity contribution in [2.75, 3.05) is 19.8 Å². The molecule has 2 heterocycles. The van der Waals surface area contributed by atoms with Gasteiger partial charge >= 0.3 is 0 Å². The molecule has 120 valence electrons. The molecule has 0 saturated carbocycles. The molecule has 1 aromatic carbocycles. The number of thiazole rings is 1. The third kappa shape index (κ3) is 3.65. The molecule has 0 bridgehead atoms. The number of carbonyl (C=O) groups excluding carboxylic acids is 2. The Kier molecular flexibility index (Phi) is 4.83. The fourth-order valence-electron chi connectivity index (χ4n) is 2.66. The molecule has 0 spiro atoms. The molecular formula is C17H18N2O3S. The smallest absolute Gasteiger partial charge is 0.273 e. The second kappa shape index (κ2) is 7.02. The highest BCUT2D eigenvalue weighted by Crippen LogP contribution is 2.18. The zero-order valence-corrected chi connectivity index (χ0v) is 13.7. The van der Waals surface area contributed by atoms with Gasteiger partial charge < -0.3 is 9.64 Å². The standard InChI is InChI=1S/C17H18N2O3S/c1-12-18-15(11-23-12)17(21)19-7-8-22-10-14(19)9-16(20)13-5-3-2-4-6-13/h2-6,11,14H,7-10H2,1H3. The number of Topliss-reactive ketones (excluding diaryl/α,β-unsaturated/α-hetero) is 1. The van der Waals surface area contributed by atoms with Crippen LogP contribution in [0.1, 0.15) is 32.3 Å². The fourth-order valence-corrected chi connectivity index (χ4v) is 3.24. The molecule has 1 fully saturated rings. The maximum Gasteiger partial charge on any atom is 0.273 e. The number of hydrogen-bond donors (Lipinski definition) is 0. The highest BCUT2D eigenvalue weighted by atomic mass is 32.1. The van der Waals surface area contributed by atoms with Crippen LogP contribution >= 0.6 is 11.3 Å². The first-order chi connectivity index (χ1) is 11.1. The van der Waals surface area contributed by atoms with Crippen molar-refractivity contribution in [3.8, 4) is 0 Å². The van der Waals surface area contributed by atoms with E-state index in [-0.39, 0.29) is 24.2 Å².